The average molecular weight is 282 g/mol. The molecule has 19 heavy (non-hydrogen) atoms. The van der Waals surface area contributed by atoms with Gasteiger partial charge in [0.1, 0.15) is 5.78 Å². The van der Waals surface area contributed by atoms with Crippen molar-refractivity contribution in [1.29, 1.82) is 0 Å². The van der Waals surface area contributed by atoms with Crippen LogP contribution in [-0.2, 0) is 4.79 Å². The Labute approximate surface area is 118 Å². The molecule has 0 saturated heterocycles. The highest BCUT2D eigenvalue weighted by Gasteiger charge is 2.24. The van der Waals surface area contributed by atoms with Crippen LogP contribution in [0.5, 0.6) is 0 Å². The Morgan fingerprint density at radius 3 is 2.63 bits per heavy atom. The number of carbonyl (C=O) groups is 1. The second kappa shape index (κ2) is 6.03. The van der Waals surface area contributed by atoms with Crippen molar-refractivity contribution in [2.24, 2.45) is 5.41 Å². The monoisotopic (exact) mass is 282 g/mol. The highest BCUT2D eigenvalue weighted by molar-refractivity contribution is 7.99. The van der Waals surface area contributed by atoms with Crippen LogP contribution in [0.2, 0.25) is 0 Å². The molecule has 0 N–H and O–H groups in total. The van der Waals surface area contributed by atoms with Crippen LogP contribution < -0.4 is 0 Å². The number of tetrazole rings is 1. The molecular formula is C13H22N4OS. The summed E-state index contributed by atoms with van der Waals surface area (Å²) in [5.41, 5.74) is -0.296. The molecule has 0 aliphatic heterocycles. The zero-order valence-electron chi connectivity index (χ0n) is 11.9. The van der Waals surface area contributed by atoms with E-state index in [-0.39, 0.29) is 11.2 Å². The smallest absolute Gasteiger partial charge is 0.210 e. The molecule has 0 spiro atoms. The van der Waals surface area contributed by atoms with E-state index >= 15 is 0 Å². The molecule has 0 amide bonds. The molecule has 0 aromatic carbocycles. The molecule has 1 aromatic heterocycles. The summed E-state index contributed by atoms with van der Waals surface area (Å²) >= 11 is 1.46. The molecule has 1 fully saturated rings. The Hall–Kier alpha value is -0.910. The lowest BCUT2D eigenvalue weighted by molar-refractivity contribution is -0.123. The third-order valence-corrected chi connectivity index (χ3v) is 4.49. The predicted octanol–water partition coefficient (Wildman–Crippen LogP) is 2.89. The van der Waals surface area contributed by atoms with Gasteiger partial charge in [-0.1, -0.05) is 51.8 Å². The van der Waals surface area contributed by atoms with E-state index in [1.54, 1.807) is 0 Å². The van der Waals surface area contributed by atoms with Gasteiger partial charge in [0.15, 0.2) is 0 Å². The van der Waals surface area contributed by atoms with E-state index in [2.05, 4.69) is 15.5 Å². The lowest BCUT2D eigenvalue weighted by Crippen LogP contribution is -2.22. The van der Waals surface area contributed by atoms with Gasteiger partial charge in [-0.15, -0.1) is 5.10 Å². The van der Waals surface area contributed by atoms with Gasteiger partial charge >= 0.3 is 0 Å². The molecule has 1 saturated carbocycles. The number of hydrogen-bond acceptors (Lipinski definition) is 5. The standard InChI is InChI=1S/C13H22N4OS/c1-13(2,3)11(18)9-19-12-14-15-16-17(12)10-7-5-4-6-8-10/h10H,4-9H2,1-3H3. The maximum atomic E-state index is 11.9. The van der Waals surface area contributed by atoms with Crippen LogP contribution in [0.4, 0.5) is 0 Å². The Balaban J connectivity index is 1.98. The van der Waals surface area contributed by atoms with Crippen LogP contribution in [-0.4, -0.2) is 31.7 Å². The largest absolute Gasteiger partial charge is 0.298 e. The van der Waals surface area contributed by atoms with Gasteiger partial charge < -0.3 is 0 Å². The van der Waals surface area contributed by atoms with E-state index in [0.29, 0.717) is 11.8 Å². The fraction of sp³-hybridized carbons (Fsp3) is 0.846. The summed E-state index contributed by atoms with van der Waals surface area (Å²) in [6, 6.07) is 0.413. The molecule has 5 nitrogen and oxygen atoms in total. The van der Waals surface area contributed by atoms with Crippen LogP contribution in [0.3, 0.4) is 0 Å². The molecule has 6 heteroatoms. The molecule has 0 unspecified atom stereocenters. The van der Waals surface area contributed by atoms with Crippen molar-refractivity contribution in [1.82, 2.24) is 20.2 Å². The number of nitrogens with zero attached hydrogens (tertiary/aromatic N) is 4. The molecule has 1 heterocycles. The van der Waals surface area contributed by atoms with E-state index in [1.165, 1.54) is 31.0 Å². The van der Waals surface area contributed by atoms with Gasteiger partial charge in [0.2, 0.25) is 5.16 Å². The van der Waals surface area contributed by atoms with E-state index in [4.69, 9.17) is 0 Å². The Bertz CT molecular complexity index is 432. The van der Waals surface area contributed by atoms with Crippen molar-refractivity contribution in [3.8, 4) is 0 Å². The van der Waals surface area contributed by atoms with Crippen molar-refractivity contribution in [2.45, 2.75) is 64.1 Å². The van der Waals surface area contributed by atoms with Crippen LogP contribution in [0.15, 0.2) is 5.16 Å². The second-order valence-corrected chi connectivity index (χ2v) is 7.10. The fourth-order valence-electron chi connectivity index (χ4n) is 2.18. The first-order valence-corrected chi connectivity index (χ1v) is 7.91. The molecule has 106 valence electrons. The quantitative estimate of drug-likeness (QED) is 0.795. The van der Waals surface area contributed by atoms with Crippen LogP contribution in [0, 0.1) is 5.41 Å². The first-order chi connectivity index (χ1) is 8.98. The number of thioether (sulfide) groups is 1. The van der Waals surface area contributed by atoms with Gasteiger partial charge in [-0.25, -0.2) is 4.68 Å². The zero-order valence-corrected chi connectivity index (χ0v) is 12.7. The Kier molecular flexibility index (Phi) is 4.60. The average Bonchev–Trinajstić information content (AvgIpc) is 2.84. The molecule has 1 aliphatic rings. The van der Waals surface area contributed by atoms with Crippen molar-refractivity contribution in [3.63, 3.8) is 0 Å². The van der Waals surface area contributed by atoms with Gasteiger partial charge in [-0.3, -0.25) is 4.79 Å². The summed E-state index contributed by atoms with van der Waals surface area (Å²) in [7, 11) is 0. The highest BCUT2D eigenvalue weighted by atomic mass is 32.2. The SMILES string of the molecule is CC(C)(C)C(=O)CSc1nnnn1C1CCCCC1. The van der Waals surface area contributed by atoms with Gasteiger partial charge in [0.05, 0.1) is 11.8 Å². The minimum Gasteiger partial charge on any atom is -0.298 e. The minimum absolute atomic E-state index is 0.232. The van der Waals surface area contributed by atoms with Gasteiger partial charge in [-0.05, 0) is 23.3 Å². The molecule has 0 bridgehead atoms. The Morgan fingerprint density at radius 2 is 2.00 bits per heavy atom. The van der Waals surface area contributed by atoms with Gasteiger partial charge in [-0.2, -0.15) is 0 Å². The molecule has 0 atom stereocenters. The van der Waals surface area contributed by atoms with E-state index in [0.717, 1.165) is 18.0 Å². The third-order valence-electron chi connectivity index (χ3n) is 3.55. The summed E-state index contributed by atoms with van der Waals surface area (Å²) in [5, 5.41) is 12.7. The van der Waals surface area contributed by atoms with Crippen LogP contribution in [0.1, 0.15) is 58.9 Å². The molecule has 2 rings (SSSR count). The maximum absolute atomic E-state index is 11.9. The zero-order chi connectivity index (χ0) is 13.9. The summed E-state index contributed by atoms with van der Waals surface area (Å²) in [5.74, 6) is 0.673. The van der Waals surface area contributed by atoms with E-state index < -0.39 is 0 Å². The second-order valence-electron chi connectivity index (χ2n) is 6.16. The summed E-state index contributed by atoms with van der Waals surface area (Å²) in [6.07, 6.45) is 6.09. The van der Waals surface area contributed by atoms with E-state index in [1.807, 2.05) is 25.5 Å². The lowest BCUT2D eigenvalue weighted by atomic mass is 9.92. The summed E-state index contributed by atoms with van der Waals surface area (Å²) in [6.45, 7) is 5.83. The summed E-state index contributed by atoms with van der Waals surface area (Å²) in [4.78, 5) is 11.9. The minimum atomic E-state index is -0.296. The third kappa shape index (κ3) is 3.78. The van der Waals surface area contributed by atoms with Gasteiger partial charge in [0.25, 0.3) is 0 Å². The maximum Gasteiger partial charge on any atom is 0.210 e. The molecule has 0 radical (unpaired) electrons. The van der Waals surface area contributed by atoms with E-state index in [9.17, 15) is 4.79 Å². The number of ketones is 1. The van der Waals surface area contributed by atoms with Crippen molar-refractivity contribution >= 4 is 17.5 Å². The topological polar surface area (TPSA) is 60.7 Å². The van der Waals surface area contributed by atoms with Crippen molar-refractivity contribution in [3.05, 3.63) is 0 Å². The first kappa shape index (κ1) is 14.5. The molecule has 1 aromatic rings. The number of rotatable bonds is 4. The number of hydrogen-bond donors (Lipinski definition) is 0. The molecule has 1 aliphatic carbocycles. The van der Waals surface area contributed by atoms with Gasteiger partial charge in [0, 0.05) is 5.41 Å². The number of aromatic nitrogens is 4. The highest BCUT2D eigenvalue weighted by Crippen LogP contribution is 2.30. The lowest BCUT2D eigenvalue weighted by Gasteiger charge is -2.22. The summed E-state index contributed by atoms with van der Waals surface area (Å²) < 4.78 is 1.92. The van der Waals surface area contributed by atoms with Crippen LogP contribution >= 0.6 is 11.8 Å². The fourth-order valence-corrected chi connectivity index (χ4v) is 3.29. The Morgan fingerprint density at radius 1 is 1.32 bits per heavy atom. The number of Topliss-reactive ketones (excluding diaryl/α,β-unsaturated/α-hetero) is 1. The normalized spacial score (nSPS) is 17.6. The first-order valence-electron chi connectivity index (χ1n) is 6.92. The van der Waals surface area contributed by atoms with Crippen LogP contribution in [0.25, 0.3) is 0 Å². The van der Waals surface area contributed by atoms with Crippen molar-refractivity contribution < 1.29 is 4.79 Å². The molecular weight excluding hydrogens is 260 g/mol. The predicted molar refractivity (Wildman–Crippen MR) is 75.1 cm³/mol. The van der Waals surface area contributed by atoms with Crippen molar-refractivity contribution in [2.75, 3.05) is 5.75 Å². The number of carbonyl (C=O) groups excluding carboxylic acids is 1.